The minimum atomic E-state index is 0.276. The van der Waals surface area contributed by atoms with Gasteiger partial charge < -0.3 is 24.9 Å². The standard InChI is InChI=1S/C31H36N8O3/c1-3-19-16-24-28(25(17-19)40-2)42-31(36-24)35-21-6-4-20(5-7-21)27-26-29(32)33-18-34-30(26)39(37-27)23-10-8-22(9-11-23)38-12-14-41-15-13-38/h4-7,16-18,22-23H,3,8-15H2,1-2H3,(H,35,36)(H2,32,33,34)/t22-,23-. The van der Waals surface area contributed by atoms with E-state index < -0.39 is 0 Å². The Morgan fingerprint density at radius 2 is 1.79 bits per heavy atom. The van der Waals surface area contributed by atoms with Gasteiger partial charge in [0.1, 0.15) is 23.4 Å². The van der Waals surface area contributed by atoms with Crippen LogP contribution in [-0.2, 0) is 11.2 Å². The van der Waals surface area contributed by atoms with Crippen molar-refractivity contribution in [1.29, 1.82) is 0 Å². The predicted octanol–water partition coefficient (Wildman–Crippen LogP) is 5.35. The number of anilines is 3. The molecule has 0 spiro atoms. The fourth-order valence-electron chi connectivity index (χ4n) is 6.36. The van der Waals surface area contributed by atoms with Gasteiger partial charge in [0.15, 0.2) is 17.0 Å². The molecule has 0 radical (unpaired) electrons. The second-order valence-electron chi connectivity index (χ2n) is 11.1. The lowest BCUT2D eigenvalue weighted by atomic mass is 9.90. The van der Waals surface area contributed by atoms with Gasteiger partial charge in [0.2, 0.25) is 0 Å². The molecule has 11 nitrogen and oxygen atoms in total. The zero-order valence-corrected chi connectivity index (χ0v) is 24.0. The summed E-state index contributed by atoms with van der Waals surface area (Å²) >= 11 is 0. The third-order valence-corrected chi connectivity index (χ3v) is 8.65. The van der Waals surface area contributed by atoms with Gasteiger partial charge >= 0.3 is 0 Å². The molecular formula is C31H36N8O3. The largest absolute Gasteiger partial charge is 0.493 e. The maximum atomic E-state index is 6.40. The number of aryl methyl sites for hydroxylation is 1. The van der Waals surface area contributed by atoms with Gasteiger partial charge in [-0.05, 0) is 61.9 Å². The zero-order chi connectivity index (χ0) is 28.6. The highest BCUT2D eigenvalue weighted by molar-refractivity contribution is 5.98. The number of rotatable bonds is 7. The van der Waals surface area contributed by atoms with E-state index in [0.717, 1.165) is 97.5 Å². The van der Waals surface area contributed by atoms with Crippen molar-refractivity contribution in [2.75, 3.05) is 44.5 Å². The van der Waals surface area contributed by atoms with Crippen LogP contribution in [0.3, 0.4) is 0 Å². The molecule has 0 unspecified atom stereocenters. The van der Waals surface area contributed by atoms with Crippen molar-refractivity contribution in [3.05, 3.63) is 48.3 Å². The highest BCUT2D eigenvalue weighted by atomic mass is 16.5. The van der Waals surface area contributed by atoms with Gasteiger partial charge in [-0.1, -0.05) is 19.1 Å². The maximum absolute atomic E-state index is 6.40. The second-order valence-corrected chi connectivity index (χ2v) is 11.1. The highest BCUT2D eigenvalue weighted by Crippen LogP contribution is 2.38. The van der Waals surface area contributed by atoms with Crippen LogP contribution in [0.2, 0.25) is 0 Å². The number of nitrogens with one attached hydrogen (secondary N) is 1. The van der Waals surface area contributed by atoms with Crippen LogP contribution in [0, 0.1) is 0 Å². The van der Waals surface area contributed by atoms with Crippen molar-refractivity contribution in [3.63, 3.8) is 0 Å². The number of nitrogens with zero attached hydrogens (tertiary/aromatic N) is 6. The molecule has 42 heavy (non-hydrogen) atoms. The van der Waals surface area contributed by atoms with E-state index in [9.17, 15) is 0 Å². The summed E-state index contributed by atoms with van der Waals surface area (Å²) in [4.78, 5) is 16.1. The first-order valence-electron chi connectivity index (χ1n) is 14.8. The minimum Gasteiger partial charge on any atom is -0.493 e. The van der Waals surface area contributed by atoms with Crippen LogP contribution >= 0.6 is 0 Å². The van der Waals surface area contributed by atoms with Gasteiger partial charge in [0.05, 0.1) is 31.8 Å². The van der Waals surface area contributed by atoms with Crippen LogP contribution in [0.1, 0.15) is 44.2 Å². The van der Waals surface area contributed by atoms with Gasteiger partial charge in [-0.15, -0.1) is 0 Å². The minimum absolute atomic E-state index is 0.276. The number of benzene rings is 2. The highest BCUT2D eigenvalue weighted by Gasteiger charge is 2.30. The van der Waals surface area contributed by atoms with Crippen LogP contribution in [0.25, 0.3) is 33.4 Å². The Balaban J connectivity index is 1.13. The molecule has 7 rings (SSSR count). The van der Waals surface area contributed by atoms with E-state index in [-0.39, 0.29) is 6.04 Å². The molecule has 2 aromatic carbocycles. The number of hydrogen-bond acceptors (Lipinski definition) is 10. The lowest BCUT2D eigenvalue weighted by molar-refractivity contribution is 0.00520. The quantitative estimate of drug-likeness (QED) is 0.265. The summed E-state index contributed by atoms with van der Waals surface area (Å²) in [6, 6.07) is 13.3. The van der Waals surface area contributed by atoms with Crippen molar-refractivity contribution in [2.24, 2.45) is 0 Å². The van der Waals surface area contributed by atoms with Crippen LogP contribution in [0.15, 0.2) is 47.1 Å². The summed E-state index contributed by atoms with van der Waals surface area (Å²) in [5.74, 6) is 1.12. The maximum Gasteiger partial charge on any atom is 0.300 e. The average molecular weight is 569 g/mol. The number of ether oxygens (including phenoxy) is 2. The molecule has 3 N–H and O–H groups in total. The molecule has 0 atom stereocenters. The zero-order valence-electron chi connectivity index (χ0n) is 24.0. The predicted molar refractivity (Wildman–Crippen MR) is 162 cm³/mol. The fraction of sp³-hybridized carbons (Fsp3) is 0.419. The van der Waals surface area contributed by atoms with Gasteiger partial charge in [-0.3, -0.25) is 4.90 Å². The summed E-state index contributed by atoms with van der Waals surface area (Å²) in [6.07, 6.45) is 6.82. The number of oxazole rings is 1. The Hall–Kier alpha value is -4.22. The topological polar surface area (TPSA) is 129 Å². The third-order valence-electron chi connectivity index (χ3n) is 8.65. The van der Waals surface area contributed by atoms with Crippen LogP contribution < -0.4 is 15.8 Å². The SMILES string of the molecule is CCc1cc(OC)c2oc(Nc3ccc(-c4nn([C@H]5CC[C@H](N6CCOCC6)CC5)c5ncnc(N)c45)cc3)nc2c1. The van der Waals surface area contributed by atoms with Gasteiger partial charge in [0.25, 0.3) is 6.01 Å². The Kier molecular flexibility index (Phi) is 7.12. The molecule has 5 aromatic rings. The summed E-state index contributed by atoms with van der Waals surface area (Å²) in [5.41, 5.74) is 12.3. The number of aromatic nitrogens is 5. The second kappa shape index (κ2) is 11.2. The number of morpholine rings is 1. The van der Waals surface area contributed by atoms with E-state index in [1.54, 1.807) is 7.11 Å². The summed E-state index contributed by atoms with van der Waals surface area (Å²) in [7, 11) is 1.64. The molecule has 2 aliphatic rings. The monoisotopic (exact) mass is 568 g/mol. The number of nitrogens with two attached hydrogens (primary N) is 1. The van der Waals surface area contributed by atoms with Crippen LogP contribution in [0.4, 0.5) is 17.5 Å². The first-order valence-corrected chi connectivity index (χ1v) is 14.8. The first kappa shape index (κ1) is 26.7. The van der Waals surface area contributed by atoms with E-state index in [4.69, 9.17) is 24.7 Å². The van der Waals surface area contributed by atoms with E-state index in [0.29, 0.717) is 29.2 Å². The average Bonchev–Trinajstić information content (AvgIpc) is 3.63. The van der Waals surface area contributed by atoms with Gasteiger partial charge in [-0.2, -0.15) is 10.1 Å². The Morgan fingerprint density at radius 1 is 1.02 bits per heavy atom. The van der Waals surface area contributed by atoms with E-state index >= 15 is 0 Å². The number of fused-ring (bicyclic) bond motifs is 2. The van der Waals surface area contributed by atoms with Crippen molar-refractivity contribution >= 4 is 39.7 Å². The Labute approximate surface area is 244 Å². The van der Waals surface area contributed by atoms with Gasteiger partial charge in [0, 0.05) is 30.4 Å². The molecule has 11 heteroatoms. The molecule has 1 aliphatic carbocycles. The van der Waals surface area contributed by atoms with Crippen LogP contribution in [-0.4, -0.2) is 69.1 Å². The molecule has 1 saturated carbocycles. The third kappa shape index (κ3) is 4.92. The van der Waals surface area contributed by atoms with E-state index in [2.05, 4.69) is 36.8 Å². The first-order chi connectivity index (χ1) is 20.6. The molecule has 1 saturated heterocycles. The lowest BCUT2D eigenvalue weighted by Gasteiger charge is -2.38. The molecule has 4 heterocycles. The summed E-state index contributed by atoms with van der Waals surface area (Å²) < 4.78 is 19.2. The Morgan fingerprint density at radius 3 is 2.52 bits per heavy atom. The molecule has 0 amide bonds. The summed E-state index contributed by atoms with van der Waals surface area (Å²) in [5, 5.41) is 9.17. The van der Waals surface area contributed by atoms with Crippen molar-refractivity contribution in [2.45, 2.75) is 51.1 Å². The van der Waals surface area contributed by atoms with Crippen molar-refractivity contribution < 1.29 is 13.9 Å². The number of hydrogen-bond donors (Lipinski definition) is 2. The van der Waals surface area contributed by atoms with Crippen molar-refractivity contribution in [1.82, 2.24) is 29.6 Å². The molecule has 2 fully saturated rings. The Bertz CT molecular complexity index is 1700. The van der Waals surface area contributed by atoms with Crippen LogP contribution in [0.5, 0.6) is 5.75 Å². The van der Waals surface area contributed by atoms with E-state index in [1.165, 1.54) is 6.33 Å². The molecule has 0 bridgehead atoms. The molecule has 3 aromatic heterocycles. The van der Waals surface area contributed by atoms with Gasteiger partial charge in [-0.25, -0.2) is 14.6 Å². The lowest BCUT2D eigenvalue weighted by Crippen LogP contribution is -2.45. The fourth-order valence-corrected chi connectivity index (χ4v) is 6.36. The summed E-state index contributed by atoms with van der Waals surface area (Å²) in [6.45, 7) is 5.82. The van der Waals surface area contributed by atoms with E-state index in [1.807, 2.05) is 36.4 Å². The van der Waals surface area contributed by atoms with Crippen molar-refractivity contribution in [3.8, 4) is 17.0 Å². The smallest absolute Gasteiger partial charge is 0.300 e. The number of nitrogen functional groups attached to an aromatic ring is 1. The molecule has 218 valence electrons. The number of methoxy groups -OCH3 is 1. The molecule has 1 aliphatic heterocycles. The normalized spacial score (nSPS) is 19.9. The molecular weight excluding hydrogens is 532 g/mol.